The number of aliphatic carboxylic acids is 1. The molecule has 7 nitrogen and oxygen atoms in total. The van der Waals surface area contributed by atoms with E-state index in [0.29, 0.717) is 11.5 Å². The van der Waals surface area contributed by atoms with Gasteiger partial charge >= 0.3 is 12.0 Å². The van der Waals surface area contributed by atoms with Crippen LogP contribution in [0.1, 0.15) is 23.9 Å². The van der Waals surface area contributed by atoms with Gasteiger partial charge in [-0.05, 0) is 31.5 Å². The number of rotatable bonds is 5. The van der Waals surface area contributed by atoms with Crippen molar-refractivity contribution in [1.29, 1.82) is 0 Å². The first-order chi connectivity index (χ1) is 10.8. The van der Waals surface area contributed by atoms with Crippen LogP contribution in [-0.4, -0.2) is 22.3 Å². The number of hydrogen-bond donors (Lipinski definition) is 3. The second-order valence-electron chi connectivity index (χ2n) is 5.18. The number of amides is 2. The molecule has 0 fully saturated rings. The van der Waals surface area contributed by atoms with E-state index in [0.717, 1.165) is 12.1 Å². The number of hydrogen-bond acceptors (Lipinski definition) is 4. The first-order valence-electron chi connectivity index (χ1n) is 6.79. The lowest BCUT2D eigenvalue weighted by Gasteiger charge is -2.26. The van der Waals surface area contributed by atoms with E-state index in [9.17, 15) is 19.1 Å². The van der Waals surface area contributed by atoms with Crippen molar-refractivity contribution in [2.75, 3.05) is 0 Å². The number of carboxylic acid groups (broad SMARTS) is 1. The Hall–Kier alpha value is -2.90. The summed E-state index contributed by atoms with van der Waals surface area (Å²) in [6.45, 7) is 3.12. The number of carbonyl (C=O) groups excluding carboxylic acids is 1. The van der Waals surface area contributed by atoms with Crippen LogP contribution in [-0.2, 0) is 16.9 Å². The standard InChI is InChI=1S/C15H16FN3O4/c1-9-7-12(23-19-9)8-17-14(22)18-15(2,13(20)21)10-3-5-11(16)6-4-10/h3-7H,8H2,1-2H3,(H,20,21)(H2,17,18,22)/t15-/m1/s1. The third kappa shape index (κ3) is 3.85. The highest BCUT2D eigenvalue weighted by Gasteiger charge is 2.37. The van der Waals surface area contributed by atoms with E-state index in [2.05, 4.69) is 15.8 Å². The molecule has 0 saturated heterocycles. The molecular weight excluding hydrogens is 305 g/mol. The molecule has 0 aliphatic heterocycles. The highest BCUT2D eigenvalue weighted by Crippen LogP contribution is 2.21. The van der Waals surface area contributed by atoms with Gasteiger partial charge in [0.25, 0.3) is 0 Å². The zero-order valence-electron chi connectivity index (χ0n) is 12.6. The molecule has 0 bridgehead atoms. The van der Waals surface area contributed by atoms with Crippen LogP contribution < -0.4 is 10.6 Å². The minimum absolute atomic E-state index is 0.0613. The lowest BCUT2D eigenvalue weighted by molar-refractivity contribution is -0.144. The molecule has 0 radical (unpaired) electrons. The number of halogens is 1. The third-order valence-electron chi connectivity index (χ3n) is 3.31. The summed E-state index contributed by atoms with van der Waals surface area (Å²) in [4.78, 5) is 23.5. The van der Waals surface area contributed by atoms with Crippen LogP contribution in [0.25, 0.3) is 0 Å². The van der Waals surface area contributed by atoms with Gasteiger partial charge < -0.3 is 20.3 Å². The topological polar surface area (TPSA) is 104 Å². The number of carbonyl (C=O) groups is 2. The van der Waals surface area contributed by atoms with Gasteiger partial charge in [0.2, 0.25) is 0 Å². The molecule has 23 heavy (non-hydrogen) atoms. The third-order valence-corrected chi connectivity index (χ3v) is 3.31. The van der Waals surface area contributed by atoms with Gasteiger partial charge in [-0.1, -0.05) is 17.3 Å². The molecule has 3 N–H and O–H groups in total. The molecular formula is C15H16FN3O4. The Morgan fingerprint density at radius 3 is 2.52 bits per heavy atom. The fraction of sp³-hybridized carbons (Fsp3) is 0.267. The van der Waals surface area contributed by atoms with E-state index in [1.165, 1.54) is 19.1 Å². The lowest BCUT2D eigenvalue weighted by Crippen LogP contribution is -2.52. The van der Waals surface area contributed by atoms with Crippen molar-refractivity contribution in [2.24, 2.45) is 0 Å². The summed E-state index contributed by atoms with van der Waals surface area (Å²) in [7, 11) is 0. The average Bonchev–Trinajstić information content (AvgIpc) is 2.91. The van der Waals surface area contributed by atoms with Crippen LogP contribution >= 0.6 is 0 Å². The smallest absolute Gasteiger partial charge is 0.333 e. The number of nitrogens with one attached hydrogen (secondary N) is 2. The van der Waals surface area contributed by atoms with Crippen LogP contribution in [0.5, 0.6) is 0 Å². The van der Waals surface area contributed by atoms with Gasteiger partial charge in [0.05, 0.1) is 12.2 Å². The highest BCUT2D eigenvalue weighted by molar-refractivity contribution is 5.87. The second-order valence-corrected chi connectivity index (χ2v) is 5.18. The monoisotopic (exact) mass is 321 g/mol. The molecule has 1 aromatic carbocycles. The molecule has 1 heterocycles. The van der Waals surface area contributed by atoms with Crippen LogP contribution in [0.2, 0.25) is 0 Å². The second kappa shape index (κ2) is 6.47. The molecule has 0 saturated carbocycles. The molecule has 2 aromatic rings. The minimum atomic E-state index is -1.70. The normalized spacial score (nSPS) is 13.2. The molecule has 1 atom stereocenters. The fourth-order valence-electron chi connectivity index (χ4n) is 1.97. The van der Waals surface area contributed by atoms with Gasteiger partial charge in [0.1, 0.15) is 5.82 Å². The minimum Gasteiger partial charge on any atom is -0.479 e. The zero-order chi connectivity index (χ0) is 17.0. The predicted octanol–water partition coefficient (Wildman–Crippen LogP) is 1.92. The fourth-order valence-corrected chi connectivity index (χ4v) is 1.97. The van der Waals surface area contributed by atoms with E-state index >= 15 is 0 Å². The summed E-state index contributed by atoms with van der Waals surface area (Å²) in [5, 5.41) is 18.0. The summed E-state index contributed by atoms with van der Waals surface area (Å²) in [5.74, 6) is -1.32. The molecule has 0 aliphatic carbocycles. The number of carboxylic acids is 1. The molecule has 1 aromatic heterocycles. The number of urea groups is 1. The van der Waals surface area contributed by atoms with Gasteiger partial charge in [0.15, 0.2) is 11.3 Å². The van der Waals surface area contributed by atoms with E-state index in [1.54, 1.807) is 13.0 Å². The van der Waals surface area contributed by atoms with Gasteiger partial charge in [-0.2, -0.15) is 0 Å². The molecule has 0 aliphatic rings. The van der Waals surface area contributed by atoms with Crippen LogP contribution in [0.4, 0.5) is 9.18 Å². The molecule has 2 rings (SSSR count). The highest BCUT2D eigenvalue weighted by atomic mass is 19.1. The molecule has 8 heteroatoms. The molecule has 2 amide bonds. The summed E-state index contributed by atoms with van der Waals surface area (Å²) in [6, 6.07) is 5.83. The van der Waals surface area contributed by atoms with Crippen molar-refractivity contribution >= 4 is 12.0 Å². The predicted molar refractivity (Wildman–Crippen MR) is 78.0 cm³/mol. The maximum Gasteiger partial charge on any atom is 0.333 e. The van der Waals surface area contributed by atoms with Crippen molar-refractivity contribution in [3.8, 4) is 0 Å². The summed E-state index contributed by atoms with van der Waals surface area (Å²) >= 11 is 0. The number of aromatic nitrogens is 1. The Balaban J connectivity index is 2.07. The van der Waals surface area contributed by atoms with Crippen LogP contribution in [0.15, 0.2) is 34.9 Å². The Labute approximate surface area is 131 Å². The number of nitrogens with zero attached hydrogens (tertiary/aromatic N) is 1. The Morgan fingerprint density at radius 2 is 2.00 bits per heavy atom. The van der Waals surface area contributed by atoms with E-state index in [-0.39, 0.29) is 12.1 Å². The van der Waals surface area contributed by atoms with Crippen molar-refractivity contribution in [3.05, 3.63) is 53.2 Å². The van der Waals surface area contributed by atoms with Crippen LogP contribution in [0, 0.1) is 12.7 Å². The van der Waals surface area contributed by atoms with Gasteiger partial charge in [0, 0.05) is 6.07 Å². The first-order valence-corrected chi connectivity index (χ1v) is 6.79. The molecule has 122 valence electrons. The van der Waals surface area contributed by atoms with Crippen molar-refractivity contribution in [3.63, 3.8) is 0 Å². The van der Waals surface area contributed by atoms with Gasteiger partial charge in [-0.15, -0.1) is 0 Å². The largest absolute Gasteiger partial charge is 0.479 e. The van der Waals surface area contributed by atoms with Crippen molar-refractivity contribution < 1.29 is 23.6 Å². The lowest BCUT2D eigenvalue weighted by atomic mass is 9.92. The maximum atomic E-state index is 13.0. The van der Waals surface area contributed by atoms with E-state index in [4.69, 9.17) is 4.52 Å². The summed E-state index contributed by atoms with van der Waals surface area (Å²) in [5.41, 5.74) is -0.782. The zero-order valence-corrected chi connectivity index (χ0v) is 12.6. The van der Waals surface area contributed by atoms with E-state index < -0.39 is 23.4 Å². The SMILES string of the molecule is Cc1cc(CNC(=O)N[C@@](C)(C(=O)O)c2ccc(F)cc2)on1. The summed E-state index contributed by atoms with van der Waals surface area (Å²) in [6.07, 6.45) is 0. The summed E-state index contributed by atoms with van der Waals surface area (Å²) < 4.78 is 17.9. The van der Waals surface area contributed by atoms with Gasteiger partial charge in [-0.25, -0.2) is 14.0 Å². The quantitative estimate of drug-likeness (QED) is 0.780. The van der Waals surface area contributed by atoms with Crippen LogP contribution in [0.3, 0.4) is 0 Å². The van der Waals surface area contributed by atoms with Crippen molar-refractivity contribution in [2.45, 2.75) is 25.9 Å². The Morgan fingerprint density at radius 1 is 1.35 bits per heavy atom. The Kier molecular flexibility index (Phi) is 4.63. The first kappa shape index (κ1) is 16.5. The van der Waals surface area contributed by atoms with Crippen molar-refractivity contribution in [1.82, 2.24) is 15.8 Å². The molecule has 0 spiro atoms. The van der Waals surface area contributed by atoms with Gasteiger partial charge in [-0.3, -0.25) is 0 Å². The maximum absolute atomic E-state index is 13.0. The van der Waals surface area contributed by atoms with E-state index in [1.807, 2.05) is 0 Å². The number of benzene rings is 1. The molecule has 0 unspecified atom stereocenters. The average molecular weight is 321 g/mol. The Bertz CT molecular complexity index is 714. The number of aryl methyl sites for hydroxylation is 1.